The molecule has 3 aromatic carbocycles. The largest absolute Gasteiger partial charge is 0.478 e. The number of amidine groups is 1. The van der Waals surface area contributed by atoms with E-state index in [4.69, 9.17) is 10.1 Å². The number of rotatable bonds is 4. The molecule has 0 atom stereocenters. The normalized spacial score (nSPS) is 16.3. The van der Waals surface area contributed by atoms with E-state index < -0.39 is 5.97 Å². The second-order valence-electron chi connectivity index (χ2n) is 7.24. The van der Waals surface area contributed by atoms with Crippen LogP contribution < -0.4 is 4.90 Å². The number of carboxylic acids is 1. The summed E-state index contributed by atoms with van der Waals surface area (Å²) in [5.41, 5.74) is 4.72. The first-order valence-electron chi connectivity index (χ1n) is 9.70. The first-order chi connectivity index (χ1) is 14.9. The number of anilines is 1. The number of carbonyl (C=O) groups excluding carboxylic acids is 1. The summed E-state index contributed by atoms with van der Waals surface area (Å²) in [5.74, 6) is -1.15. The number of benzene rings is 3. The van der Waals surface area contributed by atoms with Crippen LogP contribution in [0.4, 0.5) is 11.4 Å². The number of nitrogens with zero attached hydrogens (tertiary/aromatic N) is 2. The molecule has 5 nitrogen and oxygen atoms in total. The Bertz CT molecular complexity index is 1200. The maximum Gasteiger partial charge on any atom is 0.335 e. The zero-order chi connectivity index (χ0) is 22.0. The van der Waals surface area contributed by atoms with Crippen molar-refractivity contribution in [2.75, 3.05) is 4.90 Å². The van der Waals surface area contributed by atoms with Crippen LogP contribution in [-0.2, 0) is 4.79 Å². The number of hydrogen-bond acceptors (Lipinski definition) is 4. The van der Waals surface area contributed by atoms with E-state index in [9.17, 15) is 9.59 Å². The third-order valence-corrected chi connectivity index (χ3v) is 5.78. The van der Waals surface area contributed by atoms with Crippen LogP contribution in [0.2, 0.25) is 0 Å². The van der Waals surface area contributed by atoms with Crippen molar-refractivity contribution >= 4 is 46.3 Å². The van der Waals surface area contributed by atoms with Crippen LogP contribution in [0.15, 0.2) is 82.7 Å². The average Bonchev–Trinajstić information content (AvgIpc) is 3.05. The molecule has 0 radical (unpaired) electrons. The van der Waals surface area contributed by atoms with Crippen molar-refractivity contribution in [3.63, 3.8) is 0 Å². The molecule has 0 saturated carbocycles. The van der Waals surface area contributed by atoms with Crippen molar-refractivity contribution in [2.45, 2.75) is 13.8 Å². The van der Waals surface area contributed by atoms with Gasteiger partial charge in [0.2, 0.25) is 0 Å². The topological polar surface area (TPSA) is 70.0 Å². The molecule has 3 aromatic rings. The quantitative estimate of drug-likeness (QED) is 0.532. The summed E-state index contributed by atoms with van der Waals surface area (Å²) < 4.78 is 0. The Morgan fingerprint density at radius 1 is 0.903 bits per heavy atom. The lowest BCUT2D eigenvalue weighted by Gasteiger charge is -2.16. The number of thioether (sulfide) groups is 1. The third-order valence-electron chi connectivity index (χ3n) is 4.81. The lowest BCUT2D eigenvalue weighted by atomic mass is 10.1. The maximum atomic E-state index is 13.3. The van der Waals surface area contributed by atoms with Crippen LogP contribution in [0.5, 0.6) is 0 Å². The van der Waals surface area contributed by atoms with Gasteiger partial charge in [-0.15, -0.1) is 0 Å². The van der Waals surface area contributed by atoms with Gasteiger partial charge in [-0.05, 0) is 73.6 Å². The molecular weight excluding hydrogens is 408 g/mol. The fraction of sp³-hybridized carbons (Fsp3) is 0.0800. The average molecular weight is 429 g/mol. The summed E-state index contributed by atoms with van der Waals surface area (Å²) in [6.07, 6.45) is 1.76. The predicted molar refractivity (Wildman–Crippen MR) is 126 cm³/mol. The van der Waals surface area contributed by atoms with E-state index in [0.29, 0.717) is 10.1 Å². The molecule has 0 aliphatic carbocycles. The second kappa shape index (κ2) is 8.62. The summed E-state index contributed by atoms with van der Waals surface area (Å²) in [5, 5.41) is 9.65. The van der Waals surface area contributed by atoms with Gasteiger partial charge in [0, 0.05) is 0 Å². The number of hydrogen-bond donors (Lipinski definition) is 1. The van der Waals surface area contributed by atoms with Gasteiger partial charge in [0.1, 0.15) is 0 Å². The maximum absolute atomic E-state index is 13.3. The number of aryl methyl sites for hydroxylation is 2. The number of carbonyl (C=O) groups is 2. The lowest BCUT2D eigenvalue weighted by molar-refractivity contribution is -0.113. The lowest BCUT2D eigenvalue weighted by Crippen LogP contribution is -2.28. The van der Waals surface area contributed by atoms with Gasteiger partial charge in [0.05, 0.1) is 21.8 Å². The number of amides is 1. The minimum Gasteiger partial charge on any atom is -0.478 e. The minimum atomic E-state index is -0.983. The highest BCUT2D eigenvalue weighted by atomic mass is 32.2. The van der Waals surface area contributed by atoms with Crippen molar-refractivity contribution < 1.29 is 14.7 Å². The zero-order valence-electron chi connectivity index (χ0n) is 17.1. The molecule has 0 aromatic heterocycles. The molecule has 1 heterocycles. The summed E-state index contributed by atoms with van der Waals surface area (Å²) >= 11 is 1.30. The second-order valence-corrected chi connectivity index (χ2v) is 8.25. The van der Waals surface area contributed by atoms with Crippen molar-refractivity contribution in [3.05, 3.63) is 100.0 Å². The Balaban J connectivity index is 1.73. The van der Waals surface area contributed by atoms with Crippen LogP contribution in [-0.4, -0.2) is 22.2 Å². The summed E-state index contributed by atoms with van der Waals surface area (Å²) in [7, 11) is 0. The van der Waals surface area contributed by atoms with E-state index in [1.165, 1.54) is 23.9 Å². The first-order valence-corrected chi connectivity index (χ1v) is 10.5. The molecular formula is C25H20N2O3S. The van der Waals surface area contributed by atoms with Crippen LogP contribution >= 0.6 is 11.8 Å². The molecule has 6 heteroatoms. The Kier molecular flexibility index (Phi) is 5.73. The van der Waals surface area contributed by atoms with Gasteiger partial charge < -0.3 is 5.11 Å². The molecule has 1 N–H and O–H groups in total. The zero-order valence-corrected chi connectivity index (χ0v) is 17.9. The van der Waals surface area contributed by atoms with Crippen molar-refractivity contribution in [1.29, 1.82) is 0 Å². The molecule has 1 fully saturated rings. The summed E-state index contributed by atoms with van der Waals surface area (Å²) in [4.78, 5) is 31.2. The molecule has 0 spiro atoms. The van der Waals surface area contributed by atoms with Crippen molar-refractivity contribution in [3.8, 4) is 0 Å². The smallest absolute Gasteiger partial charge is 0.335 e. The Morgan fingerprint density at radius 3 is 2.06 bits per heavy atom. The molecule has 1 aliphatic heterocycles. The van der Waals surface area contributed by atoms with E-state index in [0.717, 1.165) is 28.1 Å². The van der Waals surface area contributed by atoms with Crippen molar-refractivity contribution in [2.24, 2.45) is 4.99 Å². The van der Waals surface area contributed by atoms with E-state index in [1.54, 1.807) is 23.1 Å². The molecule has 31 heavy (non-hydrogen) atoms. The van der Waals surface area contributed by atoms with Gasteiger partial charge >= 0.3 is 5.97 Å². The Hall–Kier alpha value is -3.64. The fourth-order valence-corrected chi connectivity index (χ4v) is 4.07. The highest BCUT2D eigenvalue weighted by molar-refractivity contribution is 8.19. The first kappa shape index (κ1) is 20.6. The molecule has 0 bridgehead atoms. The van der Waals surface area contributed by atoms with E-state index in [1.807, 2.05) is 62.4 Å². The van der Waals surface area contributed by atoms with E-state index in [2.05, 4.69) is 0 Å². The number of aliphatic imine (C=N–C) groups is 1. The highest BCUT2D eigenvalue weighted by Crippen LogP contribution is 2.37. The van der Waals surface area contributed by atoms with Gasteiger partial charge in [-0.2, -0.15) is 0 Å². The Morgan fingerprint density at radius 2 is 1.48 bits per heavy atom. The van der Waals surface area contributed by atoms with Gasteiger partial charge in [-0.3, -0.25) is 9.69 Å². The van der Waals surface area contributed by atoms with Crippen LogP contribution in [0.1, 0.15) is 27.0 Å². The highest BCUT2D eigenvalue weighted by Gasteiger charge is 2.34. The third kappa shape index (κ3) is 4.59. The molecule has 1 saturated heterocycles. The molecule has 154 valence electrons. The molecule has 1 amide bonds. The standard InChI is InChI=1S/C25H20N2O3S/c1-16-3-11-20(12-4-16)26-25-27(21-13-5-17(2)6-14-21)23(28)22(31-25)15-18-7-9-19(10-8-18)24(29)30/h3-15H,1-2H3,(H,29,30)/b22-15+,26-25?. The summed E-state index contributed by atoms with van der Waals surface area (Å²) in [6, 6.07) is 22.0. The number of aromatic carboxylic acids is 1. The Labute approximate surface area is 184 Å². The van der Waals surface area contributed by atoms with Gasteiger partial charge in [-0.1, -0.05) is 47.5 Å². The molecule has 4 rings (SSSR count). The minimum absolute atomic E-state index is 0.165. The van der Waals surface area contributed by atoms with E-state index >= 15 is 0 Å². The van der Waals surface area contributed by atoms with Crippen molar-refractivity contribution in [1.82, 2.24) is 0 Å². The SMILES string of the molecule is Cc1ccc(N=C2S/C(=C/c3ccc(C(=O)O)cc3)C(=O)N2c2ccc(C)cc2)cc1. The molecule has 0 unspecified atom stereocenters. The van der Waals surface area contributed by atoms with Gasteiger partial charge in [-0.25, -0.2) is 9.79 Å². The summed E-state index contributed by atoms with van der Waals surface area (Å²) in [6.45, 7) is 4.01. The number of carboxylic acid groups (broad SMARTS) is 1. The van der Waals surface area contributed by atoms with E-state index in [-0.39, 0.29) is 11.5 Å². The monoisotopic (exact) mass is 428 g/mol. The van der Waals surface area contributed by atoms with Crippen LogP contribution in [0.25, 0.3) is 6.08 Å². The fourth-order valence-electron chi connectivity index (χ4n) is 3.07. The van der Waals surface area contributed by atoms with Gasteiger partial charge in [0.15, 0.2) is 5.17 Å². The van der Waals surface area contributed by atoms with Crippen LogP contribution in [0, 0.1) is 13.8 Å². The predicted octanol–water partition coefficient (Wildman–Crippen LogP) is 5.81. The van der Waals surface area contributed by atoms with Crippen LogP contribution in [0.3, 0.4) is 0 Å². The van der Waals surface area contributed by atoms with Gasteiger partial charge in [0.25, 0.3) is 5.91 Å². The molecule has 1 aliphatic rings.